The molecule has 1 aliphatic rings. The molecule has 1 aliphatic heterocycles. The third-order valence-electron chi connectivity index (χ3n) is 3.14. The van der Waals surface area contributed by atoms with Crippen LogP contribution in [0.15, 0.2) is 24.5 Å². The number of nitrogens with zero attached hydrogens (tertiary/aromatic N) is 3. The van der Waals surface area contributed by atoms with Gasteiger partial charge in [-0.25, -0.2) is 4.79 Å². The van der Waals surface area contributed by atoms with Crippen LogP contribution in [0.3, 0.4) is 0 Å². The number of carbonyl (C=O) groups excluding carboxylic acids is 1. The number of ether oxygens (including phenoxy) is 1. The standard InChI is InChI=1S/C14H22N4O4S/c1-14(2,3)22-13(19)17-7-9-18(10-8-17)23(20,21)16-12-5-4-6-15-11-12/h4-6,11,16H,7-10H2,1-3H3. The minimum atomic E-state index is -3.66. The van der Waals surface area contributed by atoms with Crippen molar-refractivity contribution in [2.24, 2.45) is 0 Å². The molecule has 9 heteroatoms. The summed E-state index contributed by atoms with van der Waals surface area (Å²) in [5, 5.41) is 0. The number of pyridine rings is 1. The Bertz CT molecular complexity index is 634. The van der Waals surface area contributed by atoms with Gasteiger partial charge in [0.25, 0.3) is 0 Å². The second-order valence-corrected chi connectivity index (χ2v) is 7.89. The summed E-state index contributed by atoms with van der Waals surface area (Å²) in [5.41, 5.74) is -0.163. The molecule has 1 amide bonds. The lowest BCUT2D eigenvalue weighted by atomic mass is 10.2. The highest BCUT2D eigenvalue weighted by molar-refractivity contribution is 7.90. The smallest absolute Gasteiger partial charge is 0.410 e. The minimum Gasteiger partial charge on any atom is -0.444 e. The van der Waals surface area contributed by atoms with Crippen molar-refractivity contribution in [1.29, 1.82) is 0 Å². The maximum Gasteiger partial charge on any atom is 0.410 e. The van der Waals surface area contributed by atoms with Gasteiger partial charge in [0, 0.05) is 32.4 Å². The topological polar surface area (TPSA) is 91.8 Å². The molecular weight excluding hydrogens is 320 g/mol. The van der Waals surface area contributed by atoms with E-state index in [1.165, 1.54) is 15.4 Å². The Balaban J connectivity index is 1.92. The van der Waals surface area contributed by atoms with Gasteiger partial charge in [-0.1, -0.05) is 0 Å². The molecule has 0 aromatic carbocycles. The number of hydrogen-bond donors (Lipinski definition) is 1. The van der Waals surface area contributed by atoms with Crippen LogP contribution < -0.4 is 4.72 Å². The lowest BCUT2D eigenvalue weighted by Crippen LogP contribution is -2.52. The molecule has 0 atom stereocenters. The number of amides is 1. The molecule has 1 N–H and O–H groups in total. The fourth-order valence-corrected chi connectivity index (χ4v) is 3.27. The zero-order valence-electron chi connectivity index (χ0n) is 13.5. The van der Waals surface area contributed by atoms with E-state index in [1.807, 2.05) is 0 Å². The van der Waals surface area contributed by atoms with Crippen molar-refractivity contribution < 1.29 is 17.9 Å². The molecule has 1 aromatic rings. The number of nitrogens with one attached hydrogen (secondary N) is 1. The SMILES string of the molecule is CC(C)(C)OC(=O)N1CCN(S(=O)(=O)Nc2cccnc2)CC1. The summed E-state index contributed by atoms with van der Waals surface area (Å²) in [4.78, 5) is 17.4. The fourth-order valence-electron chi connectivity index (χ4n) is 2.07. The van der Waals surface area contributed by atoms with Gasteiger partial charge in [-0.05, 0) is 32.9 Å². The van der Waals surface area contributed by atoms with Gasteiger partial charge in [0.2, 0.25) is 0 Å². The van der Waals surface area contributed by atoms with Gasteiger partial charge in [-0.3, -0.25) is 9.71 Å². The Hall–Kier alpha value is -1.87. The quantitative estimate of drug-likeness (QED) is 0.894. The van der Waals surface area contributed by atoms with Crippen molar-refractivity contribution >= 4 is 22.0 Å². The van der Waals surface area contributed by atoms with E-state index in [9.17, 15) is 13.2 Å². The van der Waals surface area contributed by atoms with Gasteiger partial charge >= 0.3 is 16.3 Å². The molecule has 1 saturated heterocycles. The summed E-state index contributed by atoms with van der Waals surface area (Å²) in [7, 11) is -3.66. The van der Waals surface area contributed by atoms with Gasteiger partial charge in [0.1, 0.15) is 5.60 Å². The lowest BCUT2D eigenvalue weighted by molar-refractivity contribution is 0.0193. The van der Waals surface area contributed by atoms with Crippen LogP contribution >= 0.6 is 0 Å². The maximum absolute atomic E-state index is 12.3. The number of carbonyl (C=O) groups is 1. The second-order valence-electron chi connectivity index (χ2n) is 6.22. The molecule has 2 heterocycles. The van der Waals surface area contributed by atoms with E-state index in [0.717, 1.165) is 0 Å². The number of piperazine rings is 1. The molecule has 0 saturated carbocycles. The van der Waals surface area contributed by atoms with Crippen molar-refractivity contribution in [3.63, 3.8) is 0 Å². The van der Waals surface area contributed by atoms with Gasteiger partial charge in [-0.2, -0.15) is 12.7 Å². The summed E-state index contributed by atoms with van der Waals surface area (Å²) >= 11 is 0. The summed E-state index contributed by atoms with van der Waals surface area (Å²) in [6.45, 7) is 6.41. The third kappa shape index (κ3) is 5.07. The Morgan fingerprint density at radius 2 is 1.91 bits per heavy atom. The van der Waals surface area contributed by atoms with Crippen LogP contribution in [0, 0.1) is 0 Å². The summed E-state index contributed by atoms with van der Waals surface area (Å²) < 4.78 is 33.7. The molecule has 0 radical (unpaired) electrons. The highest BCUT2D eigenvalue weighted by Crippen LogP contribution is 2.15. The first-order valence-electron chi connectivity index (χ1n) is 7.33. The highest BCUT2D eigenvalue weighted by atomic mass is 32.2. The monoisotopic (exact) mass is 342 g/mol. The number of aromatic nitrogens is 1. The molecule has 1 fully saturated rings. The van der Waals surface area contributed by atoms with Crippen LogP contribution in [0.5, 0.6) is 0 Å². The first-order valence-corrected chi connectivity index (χ1v) is 8.77. The second kappa shape index (κ2) is 6.71. The van der Waals surface area contributed by atoms with Crippen LogP contribution in [0.25, 0.3) is 0 Å². The number of anilines is 1. The predicted molar refractivity (Wildman–Crippen MR) is 86.2 cm³/mol. The molecule has 128 valence electrons. The van der Waals surface area contributed by atoms with Crippen LogP contribution in [-0.4, -0.2) is 60.5 Å². The normalized spacial score (nSPS) is 16.9. The largest absolute Gasteiger partial charge is 0.444 e. The van der Waals surface area contributed by atoms with Gasteiger partial charge in [0.05, 0.1) is 11.9 Å². The van der Waals surface area contributed by atoms with Crippen molar-refractivity contribution in [2.45, 2.75) is 26.4 Å². The Morgan fingerprint density at radius 3 is 2.43 bits per heavy atom. The molecule has 0 aliphatic carbocycles. The molecule has 8 nitrogen and oxygen atoms in total. The van der Waals surface area contributed by atoms with Crippen molar-refractivity contribution in [2.75, 3.05) is 30.9 Å². The lowest BCUT2D eigenvalue weighted by Gasteiger charge is -2.34. The van der Waals surface area contributed by atoms with E-state index in [-0.39, 0.29) is 13.1 Å². The first-order chi connectivity index (χ1) is 10.7. The van der Waals surface area contributed by atoms with Crippen LogP contribution in [0.4, 0.5) is 10.5 Å². The number of rotatable bonds is 3. The average Bonchev–Trinajstić information content (AvgIpc) is 2.46. The van der Waals surface area contributed by atoms with E-state index in [1.54, 1.807) is 39.1 Å². The average molecular weight is 342 g/mol. The Morgan fingerprint density at radius 1 is 1.26 bits per heavy atom. The molecule has 2 rings (SSSR count). The highest BCUT2D eigenvalue weighted by Gasteiger charge is 2.30. The van der Waals surface area contributed by atoms with E-state index in [2.05, 4.69) is 9.71 Å². The van der Waals surface area contributed by atoms with E-state index >= 15 is 0 Å². The Labute approximate surface area is 136 Å². The number of hydrogen-bond acceptors (Lipinski definition) is 5. The van der Waals surface area contributed by atoms with Gasteiger partial charge in [-0.15, -0.1) is 0 Å². The maximum atomic E-state index is 12.3. The summed E-state index contributed by atoms with van der Waals surface area (Å²) in [6.07, 6.45) is 2.58. The first kappa shape index (κ1) is 17.5. The summed E-state index contributed by atoms with van der Waals surface area (Å²) in [6, 6.07) is 3.28. The molecule has 0 unspecified atom stereocenters. The van der Waals surface area contributed by atoms with Crippen molar-refractivity contribution in [3.8, 4) is 0 Å². The molecule has 0 bridgehead atoms. The van der Waals surface area contributed by atoms with Gasteiger partial charge in [0.15, 0.2) is 0 Å². The zero-order valence-corrected chi connectivity index (χ0v) is 14.3. The van der Waals surface area contributed by atoms with Gasteiger partial charge < -0.3 is 9.64 Å². The zero-order chi connectivity index (χ0) is 17.1. The Kier molecular flexibility index (Phi) is 5.10. The minimum absolute atomic E-state index is 0.217. The molecule has 0 spiro atoms. The van der Waals surface area contributed by atoms with Crippen LogP contribution in [0.2, 0.25) is 0 Å². The fraction of sp³-hybridized carbons (Fsp3) is 0.571. The van der Waals surface area contributed by atoms with Crippen LogP contribution in [0.1, 0.15) is 20.8 Å². The van der Waals surface area contributed by atoms with E-state index in [4.69, 9.17) is 4.74 Å². The van der Waals surface area contributed by atoms with Crippen molar-refractivity contribution in [1.82, 2.24) is 14.2 Å². The van der Waals surface area contributed by atoms with E-state index < -0.39 is 21.9 Å². The molecular formula is C14H22N4O4S. The van der Waals surface area contributed by atoms with Crippen LogP contribution in [-0.2, 0) is 14.9 Å². The summed E-state index contributed by atoms with van der Waals surface area (Å²) in [5.74, 6) is 0. The third-order valence-corrected chi connectivity index (χ3v) is 4.68. The van der Waals surface area contributed by atoms with E-state index in [0.29, 0.717) is 18.8 Å². The molecule has 23 heavy (non-hydrogen) atoms. The van der Waals surface area contributed by atoms with Crippen molar-refractivity contribution in [3.05, 3.63) is 24.5 Å². The predicted octanol–water partition coefficient (Wildman–Crippen LogP) is 1.29. The molecule has 1 aromatic heterocycles.